The molecule has 2 atom stereocenters. The highest BCUT2D eigenvalue weighted by Crippen LogP contribution is 2.21. The number of nitrogens with zero attached hydrogens (tertiary/aromatic N) is 2. The van der Waals surface area contributed by atoms with Crippen molar-refractivity contribution in [1.82, 2.24) is 15.1 Å². The maximum atomic E-state index is 14.1. The minimum absolute atomic E-state index is 0.251. The Kier molecular flexibility index (Phi) is 10.1. The molecule has 3 rings (SSSR count). The van der Waals surface area contributed by atoms with Crippen LogP contribution in [0.3, 0.4) is 0 Å². The first-order chi connectivity index (χ1) is 18.4. The van der Waals surface area contributed by atoms with Crippen molar-refractivity contribution in [2.45, 2.75) is 57.7 Å². The molecule has 208 valence electrons. The second kappa shape index (κ2) is 13.0. The summed E-state index contributed by atoms with van der Waals surface area (Å²) >= 11 is 1.54. The molecule has 8 heteroatoms. The van der Waals surface area contributed by atoms with Gasteiger partial charge in [0.1, 0.15) is 12.1 Å². The van der Waals surface area contributed by atoms with E-state index in [1.54, 1.807) is 38.6 Å². The summed E-state index contributed by atoms with van der Waals surface area (Å²) < 4.78 is 0. The van der Waals surface area contributed by atoms with Crippen LogP contribution in [0, 0.1) is 0 Å². The average molecular weight is 549 g/mol. The largest absolute Gasteiger partial charge is 0.357 e. The fourth-order valence-corrected chi connectivity index (χ4v) is 5.54. The van der Waals surface area contributed by atoms with Gasteiger partial charge in [-0.2, -0.15) is 0 Å². The van der Waals surface area contributed by atoms with Crippen LogP contribution >= 0.6 is 11.3 Å². The molecule has 3 amide bonds. The van der Waals surface area contributed by atoms with Crippen molar-refractivity contribution in [3.05, 3.63) is 82.1 Å². The number of nitrogens with two attached hydrogens (primary N) is 1. The van der Waals surface area contributed by atoms with Crippen LogP contribution in [0.1, 0.15) is 37.6 Å². The van der Waals surface area contributed by atoms with Gasteiger partial charge >= 0.3 is 0 Å². The molecule has 0 saturated heterocycles. The summed E-state index contributed by atoms with van der Waals surface area (Å²) in [6.45, 7) is 5.69. The summed E-state index contributed by atoms with van der Waals surface area (Å²) in [7, 11) is 4.85. The van der Waals surface area contributed by atoms with E-state index in [0.29, 0.717) is 19.3 Å². The number of nitrogens with one attached hydrogen (secondary N) is 1. The Morgan fingerprint density at radius 2 is 1.67 bits per heavy atom. The van der Waals surface area contributed by atoms with Crippen molar-refractivity contribution in [3.8, 4) is 0 Å². The maximum absolute atomic E-state index is 14.1. The Hall–Kier alpha value is -3.49. The molecule has 1 aromatic heterocycles. The van der Waals surface area contributed by atoms with Gasteiger partial charge in [-0.1, -0.05) is 54.1 Å². The van der Waals surface area contributed by atoms with Gasteiger partial charge in [-0.05, 0) is 55.0 Å². The molecule has 3 N–H and O–H groups in total. The first-order valence-electron chi connectivity index (χ1n) is 13.1. The van der Waals surface area contributed by atoms with Crippen molar-refractivity contribution in [3.63, 3.8) is 0 Å². The molecule has 2 aromatic carbocycles. The zero-order chi connectivity index (χ0) is 28.7. The molecule has 0 unspecified atom stereocenters. The monoisotopic (exact) mass is 548 g/mol. The summed E-state index contributed by atoms with van der Waals surface area (Å²) in [5.41, 5.74) is 7.46. The van der Waals surface area contributed by atoms with E-state index in [1.807, 2.05) is 80.7 Å². The van der Waals surface area contributed by atoms with Crippen LogP contribution in [0.4, 0.5) is 0 Å². The predicted molar refractivity (Wildman–Crippen MR) is 159 cm³/mol. The van der Waals surface area contributed by atoms with E-state index in [4.69, 9.17) is 5.73 Å². The van der Waals surface area contributed by atoms with Crippen molar-refractivity contribution >= 4 is 39.8 Å². The Bertz CT molecular complexity index is 1330. The number of amides is 3. The Balaban J connectivity index is 1.95. The van der Waals surface area contributed by atoms with Crippen LogP contribution in [0.15, 0.2) is 71.6 Å². The summed E-state index contributed by atoms with van der Waals surface area (Å²) in [4.78, 5) is 44.3. The van der Waals surface area contributed by atoms with Crippen LogP contribution in [0.25, 0.3) is 10.8 Å². The Morgan fingerprint density at radius 3 is 2.28 bits per heavy atom. The van der Waals surface area contributed by atoms with E-state index >= 15 is 0 Å². The van der Waals surface area contributed by atoms with Gasteiger partial charge in [0, 0.05) is 50.5 Å². The van der Waals surface area contributed by atoms with Gasteiger partial charge in [-0.15, -0.1) is 11.3 Å². The highest BCUT2D eigenvalue weighted by molar-refractivity contribution is 7.09. The third-order valence-electron chi connectivity index (χ3n) is 6.79. The summed E-state index contributed by atoms with van der Waals surface area (Å²) in [6, 6.07) is 16.4. The number of carbonyl (C=O) groups excluding carboxylic acids is 3. The number of thiophene rings is 1. The molecule has 0 fully saturated rings. The SMILES string of the molecule is CNC(=O)[C@@H](Cc1cccs1)N(C)C(=O)[C@@H](Cc1ccc2ccccc2c1)N(C)C(=O)/C=C(\C)CC(C)(C)N. The van der Waals surface area contributed by atoms with Gasteiger partial charge < -0.3 is 20.9 Å². The molecule has 0 saturated carbocycles. The number of carbonyl (C=O) groups is 3. The predicted octanol–water partition coefficient (Wildman–Crippen LogP) is 4.16. The smallest absolute Gasteiger partial charge is 0.246 e. The lowest BCUT2D eigenvalue weighted by molar-refractivity contribution is -0.146. The molecular formula is C31H40N4O3S. The standard InChI is InChI=1S/C31H40N4O3S/c1-21(20-31(2,3)32)16-28(36)34(5)27(18-22-13-14-23-10-7-8-11-24(23)17-22)30(38)35(6)26(29(37)33-4)19-25-12-9-15-39-25/h7-17,26-27H,18-20,32H2,1-6H3,(H,33,37)/b21-16+/t26-,27-/m1/s1. The fourth-order valence-electron chi connectivity index (χ4n) is 4.79. The first kappa shape index (κ1) is 30.1. The molecule has 0 aliphatic rings. The number of hydrogen-bond acceptors (Lipinski definition) is 5. The van der Waals surface area contributed by atoms with E-state index in [9.17, 15) is 14.4 Å². The van der Waals surface area contributed by atoms with Crippen LogP contribution in [-0.2, 0) is 27.2 Å². The van der Waals surface area contributed by atoms with Gasteiger partial charge in [0.25, 0.3) is 0 Å². The summed E-state index contributed by atoms with van der Waals surface area (Å²) in [5, 5.41) is 6.80. The Labute approximate surface area is 235 Å². The van der Waals surface area contributed by atoms with Crippen molar-refractivity contribution in [2.75, 3.05) is 21.1 Å². The molecule has 3 aromatic rings. The van der Waals surface area contributed by atoms with Crippen molar-refractivity contribution in [2.24, 2.45) is 5.73 Å². The maximum Gasteiger partial charge on any atom is 0.246 e. The summed E-state index contributed by atoms with van der Waals surface area (Å²) in [5.74, 6) is -0.827. The van der Waals surface area contributed by atoms with E-state index in [-0.39, 0.29) is 17.7 Å². The number of rotatable bonds is 11. The lowest BCUT2D eigenvalue weighted by Gasteiger charge is -2.34. The number of hydrogen-bond donors (Lipinski definition) is 2. The minimum atomic E-state index is -0.811. The second-order valence-corrected chi connectivity index (χ2v) is 11.9. The molecule has 7 nitrogen and oxygen atoms in total. The quantitative estimate of drug-likeness (QED) is 0.352. The second-order valence-electron chi connectivity index (χ2n) is 10.9. The zero-order valence-corrected chi connectivity index (χ0v) is 24.5. The van der Waals surface area contributed by atoms with Gasteiger partial charge in [0.05, 0.1) is 0 Å². The molecule has 0 spiro atoms. The van der Waals surface area contributed by atoms with Gasteiger partial charge in [0.2, 0.25) is 17.7 Å². The summed E-state index contributed by atoms with van der Waals surface area (Å²) in [6.07, 6.45) is 2.81. The van der Waals surface area contributed by atoms with E-state index in [2.05, 4.69) is 5.32 Å². The van der Waals surface area contributed by atoms with E-state index in [0.717, 1.165) is 26.8 Å². The van der Waals surface area contributed by atoms with E-state index < -0.39 is 17.6 Å². The first-order valence-corrected chi connectivity index (χ1v) is 14.0. The lowest BCUT2D eigenvalue weighted by atomic mass is 9.96. The topological polar surface area (TPSA) is 95.7 Å². The van der Waals surface area contributed by atoms with Crippen molar-refractivity contribution in [1.29, 1.82) is 0 Å². The molecule has 0 bridgehead atoms. The molecule has 0 radical (unpaired) electrons. The third-order valence-corrected chi connectivity index (χ3v) is 7.68. The van der Waals surface area contributed by atoms with Crippen LogP contribution in [-0.4, -0.2) is 66.3 Å². The number of fused-ring (bicyclic) bond motifs is 1. The van der Waals surface area contributed by atoms with Gasteiger partial charge in [-0.3, -0.25) is 14.4 Å². The van der Waals surface area contributed by atoms with Crippen molar-refractivity contribution < 1.29 is 14.4 Å². The van der Waals surface area contributed by atoms with Gasteiger partial charge in [-0.25, -0.2) is 0 Å². The molecule has 0 aliphatic heterocycles. The molecule has 1 heterocycles. The van der Waals surface area contributed by atoms with E-state index in [1.165, 1.54) is 9.80 Å². The zero-order valence-electron chi connectivity index (χ0n) is 23.7. The molecule has 39 heavy (non-hydrogen) atoms. The molecule has 0 aliphatic carbocycles. The Morgan fingerprint density at radius 1 is 0.974 bits per heavy atom. The van der Waals surface area contributed by atoms with Crippen LogP contribution < -0.4 is 11.1 Å². The minimum Gasteiger partial charge on any atom is -0.357 e. The third kappa shape index (κ3) is 8.25. The van der Waals surface area contributed by atoms with Crippen LogP contribution in [0.2, 0.25) is 0 Å². The van der Waals surface area contributed by atoms with Crippen LogP contribution in [0.5, 0.6) is 0 Å². The highest BCUT2D eigenvalue weighted by Gasteiger charge is 2.34. The number of likely N-dealkylation sites (N-methyl/N-ethyl adjacent to an activating group) is 3. The average Bonchev–Trinajstić information content (AvgIpc) is 3.41. The normalized spacial score (nSPS) is 13.6. The fraction of sp³-hybridized carbons (Fsp3) is 0.387. The molecular weight excluding hydrogens is 508 g/mol. The van der Waals surface area contributed by atoms with Gasteiger partial charge in [0.15, 0.2) is 0 Å². The lowest BCUT2D eigenvalue weighted by Crippen LogP contribution is -2.55. The number of benzene rings is 2. The highest BCUT2D eigenvalue weighted by atomic mass is 32.1.